The van der Waals surface area contributed by atoms with Crippen molar-refractivity contribution in [3.8, 4) is 12.3 Å². The average molecular weight is 674 g/mol. The molecule has 0 aliphatic carbocycles. The smallest absolute Gasteiger partial charge is 0.461 e. The van der Waals surface area contributed by atoms with Gasteiger partial charge < -0.3 is 31.9 Å². The van der Waals surface area contributed by atoms with Crippen LogP contribution in [0.3, 0.4) is 0 Å². The molecule has 0 spiro atoms. The van der Waals surface area contributed by atoms with Crippen LogP contribution < -0.4 is 17.1 Å². The lowest BCUT2D eigenvalue weighted by atomic mass is 9.98. The minimum Gasteiger partial charge on any atom is -0.461 e. The van der Waals surface area contributed by atoms with E-state index in [1.54, 1.807) is 41.5 Å². The van der Waals surface area contributed by atoms with Crippen LogP contribution in [-0.4, -0.2) is 49.4 Å². The second-order valence-electron chi connectivity index (χ2n) is 11.5. The van der Waals surface area contributed by atoms with E-state index in [1.807, 2.05) is 0 Å². The van der Waals surface area contributed by atoms with Crippen molar-refractivity contribution in [3.05, 3.63) is 61.4 Å². The fourth-order valence-corrected chi connectivity index (χ4v) is 5.02. The standard InChI is InChI=1S/C30H32ClN5O11/c1-8-30(12-41-25(37)14(2)3)20(46-26(38)15(4)5)9-21(47-30)36-13-33-22-23(32-10-18-16(6)42-28(39)44-18)35(27(31)34-24(22)36)11-19-17(7)43-29(40)45-19/h1,13-15,20-21H,9-12H2,2-7H3/b32-23-/t20-,21+,30+/m0/s1. The highest BCUT2D eigenvalue weighted by Crippen LogP contribution is 2.40. The number of imidazole rings is 1. The van der Waals surface area contributed by atoms with Gasteiger partial charge in [0.05, 0.1) is 24.7 Å². The minimum absolute atomic E-state index is 0.0484. The molecule has 1 saturated heterocycles. The number of terminal acetylenes is 1. The van der Waals surface area contributed by atoms with Crippen molar-refractivity contribution in [1.82, 2.24) is 19.1 Å². The Morgan fingerprint density at radius 1 is 1.09 bits per heavy atom. The fourth-order valence-electron chi connectivity index (χ4n) is 4.80. The van der Waals surface area contributed by atoms with E-state index in [9.17, 15) is 19.2 Å². The Hall–Kier alpha value is -4.88. The molecule has 3 atom stereocenters. The molecule has 0 aromatic carbocycles. The van der Waals surface area contributed by atoms with Crippen LogP contribution in [0.4, 0.5) is 0 Å². The van der Waals surface area contributed by atoms with Gasteiger partial charge in [-0.05, 0) is 25.4 Å². The summed E-state index contributed by atoms with van der Waals surface area (Å²) >= 11 is 6.71. The van der Waals surface area contributed by atoms with E-state index in [-0.39, 0.29) is 71.1 Å². The Morgan fingerprint density at radius 2 is 1.72 bits per heavy atom. The maximum Gasteiger partial charge on any atom is 0.519 e. The number of ether oxygens (including phenoxy) is 3. The zero-order chi connectivity index (χ0) is 34.2. The molecule has 1 aliphatic heterocycles. The lowest BCUT2D eigenvalue weighted by Crippen LogP contribution is -2.46. The summed E-state index contributed by atoms with van der Waals surface area (Å²) in [4.78, 5) is 62.1. The van der Waals surface area contributed by atoms with E-state index >= 15 is 0 Å². The molecule has 0 radical (unpaired) electrons. The van der Waals surface area contributed by atoms with Gasteiger partial charge in [0.25, 0.3) is 0 Å². The van der Waals surface area contributed by atoms with Crippen LogP contribution in [0.5, 0.6) is 0 Å². The van der Waals surface area contributed by atoms with Crippen molar-refractivity contribution in [2.75, 3.05) is 6.61 Å². The number of hydrogen-bond donors (Lipinski definition) is 0. The topological polar surface area (TPSA) is 197 Å². The van der Waals surface area contributed by atoms with Gasteiger partial charge in [-0.1, -0.05) is 33.6 Å². The molecule has 1 fully saturated rings. The number of carbonyl (C=O) groups excluding carboxylic acids is 2. The van der Waals surface area contributed by atoms with Crippen molar-refractivity contribution < 1.29 is 41.5 Å². The first-order valence-electron chi connectivity index (χ1n) is 14.6. The lowest BCUT2D eigenvalue weighted by molar-refractivity contribution is -0.170. The SMILES string of the molecule is C#C[C@]1(COC(=O)C(C)C)O[C@@H](n2cnc3/c(=N/Cc4oc(=O)oc4C)n(Cc4oc(=O)oc4C)c(Cl)nc32)C[C@@H]1OC(=O)C(C)C. The second-order valence-corrected chi connectivity index (χ2v) is 11.8. The Labute approximate surface area is 271 Å². The predicted molar refractivity (Wildman–Crippen MR) is 160 cm³/mol. The zero-order valence-electron chi connectivity index (χ0n) is 26.4. The Morgan fingerprint density at radius 3 is 2.30 bits per heavy atom. The summed E-state index contributed by atoms with van der Waals surface area (Å²) in [5.41, 5.74) is -1.04. The average Bonchev–Trinajstić information content (AvgIpc) is 3.75. The quantitative estimate of drug-likeness (QED) is 0.135. The summed E-state index contributed by atoms with van der Waals surface area (Å²) in [7, 11) is 0. The summed E-state index contributed by atoms with van der Waals surface area (Å²) in [6.45, 7) is 9.14. The van der Waals surface area contributed by atoms with Gasteiger partial charge in [0, 0.05) is 6.42 Å². The fraction of sp³-hybridized carbons (Fsp3) is 0.500. The van der Waals surface area contributed by atoms with Crippen LogP contribution in [0.2, 0.25) is 5.28 Å². The Balaban J connectivity index is 1.61. The predicted octanol–water partition coefficient (Wildman–Crippen LogP) is 2.80. The molecule has 0 bridgehead atoms. The molecule has 0 saturated carbocycles. The molecule has 5 rings (SSSR count). The second kappa shape index (κ2) is 13.1. The Kier molecular flexibility index (Phi) is 9.32. The summed E-state index contributed by atoms with van der Waals surface area (Å²) in [5.74, 6) is -0.396. The molecule has 250 valence electrons. The molecule has 0 N–H and O–H groups in total. The number of halogens is 1. The largest absolute Gasteiger partial charge is 0.519 e. The number of aryl methyl sites for hydroxylation is 2. The number of esters is 2. The lowest BCUT2D eigenvalue weighted by Gasteiger charge is -2.29. The van der Waals surface area contributed by atoms with Crippen molar-refractivity contribution >= 4 is 34.7 Å². The number of aromatic nitrogens is 4. The molecule has 17 heteroatoms. The van der Waals surface area contributed by atoms with Crippen molar-refractivity contribution in [2.24, 2.45) is 16.8 Å². The van der Waals surface area contributed by atoms with Crippen LogP contribution in [0.1, 0.15) is 63.4 Å². The van der Waals surface area contributed by atoms with Crippen molar-refractivity contribution in [3.63, 3.8) is 0 Å². The first-order valence-corrected chi connectivity index (χ1v) is 15.0. The van der Waals surface area contributed by atoms with Gasteiger partial charge in [-0.3, -0.25) is 23.7 Å². The molecular formula is C30H32ClN5O11. The van der Waals surface area contributed by atoms with Crippen LogP contribution >= 0.6 is 11.6 Å². The molecule has 1 aliphatic rings. The van der Waals surface area contributed by atoms with E-state index in [4.69, 9.17) is 49.9 Å². The van der Waals surface area contributed by atoms with E-state index in [0.717, 1.165) is 0 Å². The van der Waals surface area contributed by atoms with Crippen LogP contribution in [0.15, 0.2) is 38.6 Å². The third kappa shape index (κ3) is 6.67. The monoisotopic (exact) mass is 673 g/mol. The molecule has 16 nitrogen and oxygen atoms in total. The van der Waals surface area contributed by atoms with Gasteiger partial charge in [0.2, 0.25) is 10.9 Å². The minimum atomic E-state index is -1.63. The van der Waals surface area contributed by atoms with Crippen LogP contribution in [0, 0.1) is 38.0 Å². The van der Waals surface area contributed by atoms with E-state index in [0.29, 0.717) is 0 Å². The Bertz CT molecular complexity index is 2050. The number of fused-ring (bicyclic) bond motifs is 1. The van der Waals surface area contributed by atoms with Gasteiger partial charge >= 0.3 is 23.6 Å². The van der Waals surface area contributed by atoms with Crippen molar-refractivity contribution in [1.29, 1.82) is 0 Å². The summed E-state index contributed by atoms with van der Waals surface area (Å²) in [5, 5.41) is -0.0959. The third-order valence-electron chi connectivity index (χ3n) is 7.47. The summed E-state index contributed by atoms with van der Waals surface area (Å²) in [6.07, 6.45) is 5.51. The number of rotatable bonds is 10. The molecule has 4 aromatic rings. The highest BCUT2D eigenvalue weighted by Gasteiger charge is 2.52. The van der Waals surface area contributed by atoms with E-state index in [2.05, 4.69) is 20.9 Å². The maximum absolute atomic E-state index is 12.7. The molecule has 0 unspecified atom stereocenters. The molecule has 4 aromatic heterocycles. The van der Waals surface area contributed by atoms with Crippen molar-refractivity contribution in [2.45, 2.75) is 79.0 Å². The summed E-state index contributed by atoms with van der Waals surface area (Å²) < 4.78 is 40.7. The molecule has 5 heterocycles. The first-order chi connectivity index (χ1) is 22.2. The molecular weight excluding hydrogens is 642 g/mol. The first kappa shape index (κ1) is 33.5. The van der Waals surface area contributed by atoms with Crippen LogP contribution in [-0.2, 0) is 36.9 Å². The van der Waals surface area contributed by atoms with Gasteiger partial charge in [0.15, 0.2) is 28.2 Å². The number of carbonyl (C=O) groups is 2. The molecule has 47 heavy (non-hydrogen) atoms. The van der Waals surface area contributed by atoms with Gasteiger partial charge in [-0.25, -0.2) is 14.6 Å². The number of hydrogen-bond acceptors (Lipinski definition) is 14. The molecule has 0 amide bonds. The normalized spacial score (nSPS) is 20.0. The third-order valence-corrected chi connectivity index (χ3v) is 7.76. The van der Waals surface area contributed by atoms with Gasteiger partial charge in [0.1, 0.15) is 37.0 Å². The summed E-state index contributed by atoms with van der Waals surface area (Å²) in [6, 6.07) is 0. The zero-order valence-corrected chi connectivity index (χ0v) is 27.2. The van der Waals surface area contributed by atoms with Gasteiger partial charge in [-0.15, -0.1) is 6.42 Å². The van der Waals surface area contributed by atoms with Gasteiger partial charge in [-0.2, -0.15) is 4.98 Å². The number of nitrogens with zero attached hydrogens (tertiary/aromatic N) is 5. The van der Waals surface area contributed by atoms with E-state index in [1.165, 1.54) is 15.5 Å². The van der Waals surface area contributed by atoms with E-state index < -0.39 is 53.4 Å². The maximum atomic E-state index is 12.7. The highest BCUT2D eigenvalue weighted by atomic mass is 35.5. The highest BCUT2D eigenvalue weighted by molar-refractivity contribution is 6.28. The van der Waals surface area contributed by atoms with Crippen LogP contribution in [0.25, 0.3) is 11.2 Å².